The number of imidazole rings is 1. The van der Waals surface area contributed by atoms with Crippen molar-refractivity contribution >= 4 is 27.0 Å². The number of H-pyrrole nitrogens is 1. The van der Waals surface area contributed by atoms with Crippen LogP contribution in [0.1, 0.15) is 5.56 Å². The van der Waals surface area contributed by atoms with Crippen LogP contribution in [0.3, 0.4) is 0 Å². The van der Waals surface area contributed by atoms with E-state index in [4.69, 9.17) is 4.52 Å². The lowest BCUT2D eigenvalue weighted by Crippen LogP contribution is -1.84. The molecule has 0 aliphatic heterocycles. The predicted molar refractivity (Wildman–Crippen MR) is 113 cm³/mol. The van der Waals surface area contributed by atoms with Gasteiger partial charge in [0.2, 0.25) is 5.82 Å². The van der Waals surface area contributed by atoms with Gasteiger partial charge in [-0.1, -0.05) is 51.4 Å². The predicted octanol–water partition coefficient (Wildman–Crippen LogP) is 6.02. The van der Waals surface area contributed by atoms with E-state index in [-0.39, 0.29) is 0 Å². The van der Waals surface area contributed by atoms with Gasteiger partial charge in [-0.3, -0.25) is 0 Å². The van der Waals surface area contributed by atoms with E-state index in [1.165, 1.54) is 5.56 Å². The van der Waals surface area contributed by atoms with E-state index < -0.39 is 0 Å². The molecule has 5 rings (SSSR count). The van der Waals surface area contributed by atoms with Crippen LogP contribution in [0.25, 0.3) is 45.3 Å². The van der Waals surface area contributed by atoms with Crippen molar-refractivity contribution in [3.8, 4) is 34.2 Å². The molecule has 3 aromatic carbocycles. The van der Waals surface area contributed by atoms with Gasteiger partial charge in [0.15, 0.2) is 0 Å². The zero-order valence-corrected chi connectivity index (χ0v) is 16.6. The lowest BCUT2D eigenvalue weighted by atomic mass is 10.1. The van der Waals surface area contributed by atoms with E-state index in [1.54, 1.807) is 0 Å². The summed E-state index contributed by atoms with van der Waals surface area (Å²) in [5, 5.41) is 4.11. The van der Waals surface area contributed by atoms with Gasteiger partial charge in [0, 0.05) is 21.2 Å². The summed E-state index contributed by atoms with van der Waals surface area (Å²) in [4.78, 5) is 12.6. The Morgan fingerprint density at radius 2 is 1.54 bits per heavy atom. The van der Waals surface area contributed by atoms with Crippen LogP contribution in [-0.2, 0) is 0 Å². The third kappa shape index (κ3) is 3.12. The minimum Gasteiger partial charge on any atom is -0.338 e. The Hall–Kier alpha value is -3.25. The molecule has 0 bridgehead atoms. The highest BCUT2D eigenvalue weighted by molar-refractivity contribution is 9.10. The molecule has 136 valence electrons. The third-order valence-corrected chi connectivity index (χ3v) is 5.10. The molecule has 2 heterocycles. The van der Waals surface area contributed by atoms with Crippen LogP contribution in [0.2, 0.25) is 0 Å². The first-order valence-electron chi connectivity index (χ1n) is 8.82. The van der Waals surface area contributed by atoms with Gasteiger partial charge < -0.3 is 9.51 Å². The first-order valence-corrected chi connectivity index (χ1v) is 9.62. The fraction of sp³-hybridized carbons (Fsp3) is 0.0455. The lowest BCUT2D eigenvalue weighted by molar-refractivity contribution is 0.432. The average Bonchev–Trinajstić information content (AvgIpc) is 3.36. The van der Waals surface area contributed by atoms with E-state index in [1.807, 2.05) is 48.5 Å². The number of benzene rings is 3. The zero-order valence-electron chi connectivity index (χ0n) is 15.0. The van der Waals surface area contributed by atoms with E-state index >= 15 is 0 Å². The van der Waals surface area contributed by atoms with E-state index in [0.717, 1.165) is 38.0 Å². The third-order valence-electron chi connectivity index (χ3n) is 4.57. The molecule has 0 spiro atoms. The number of aromatic nitrogens is 4. The molecule has 0 saturated heterocycles. The van der Waals surface area contributed by atoms with Gasteiger partial charge in [-0.15, -0.1) is 0 Å². The summed E-state index contributed by atoms with van der Waals surface area (Å²) in [7, 11) is 0. The number of rotatable bonds is 3. The highest BCUT2D eigenvalue weighted by atomic mass is 79.9. The Morgan fingerprint density at radius 1 is 0.821 bits per heavy atom. The summed E-state index contributed by atoms with van der Waals surface area (Å²) in [6.45, 7) is 2.07. The molecule has 0 amide bonds. The number of hydrogen-bond donors (Lipinski definition) is 1. The number of aryl methyl sites for hydroxylation is 1. The molecular weight excluding hydrogens is 416 g/mol. The minimum atomic E-state index is 0.499. The van der Waals surface area contributed by atoms with Crippen LogP contribution < -0.4 is 0 Å². The van der Waals surface area contributed by atoms with Gasteiger partial charge >= 0.3 is 0 Å². The Bertz CT molecular complexity index is 1270. The standard InChI is InChI=1S/C22H15BrN4O/c1-13-2-11-18-19(12-13)25-20(24-18)14-3-5-15(6-4-14)21-26-22(28-27-21)16-7-9-17(23)10-8-16/h2-12H,1H3,(H,24,25). The summed E-state index contributed by atoms with van der Waals surface area (Å²) < 4.78 is 6.42. The van der Waals surface area contributed by atoms with Gasteiger partial charge in [0.1, 0.15) is 5.82 Å². The molecular formula is C22H15BrN4O. The number of nitrogens with one attached hydrogen (secondary N) is 1. The highest BCUT2D eigenvalue weighted by Gasteiger charge is 2.12. The maximum absolute atomic E-state index is 5.42. The Labute approximate surface area is 169 Å². The summed E-state index contributed by atoms with van der Waals surface area (Å²) in [6.07, 6.45) is 0. The summed E-state index contributed by atoms with van der Waals surface area (Å²) >= 11 is 3.43. The van der Waals surface area contributed by atoms with Gasteiger partial charge in [-0.25, -0.2) is 4.98 Å². The van der Waals surface area contributed by atoms with Crippen molar-refractivity contribution in [3.05, 3.63) is 76.8 Å². The van der Waals surface area contributed by atoms with Crippen molar-refractivity contribution in [3.63, 3.8) is 0 Å². The molecule has 6 heteroatoms. The monoisotopic (exact) mass is 430 g/mol. The normalized spacial score (nSPS) is 11.2. The van der Waals surface area contributed by atoms with Crippen molar-refractivity contribution in [2.45, 2.75) is 6.92 Å². The SMILES string of the molecule is Cc1ccc2[nH]c(-c3ccc(-c4noc(-c5ccc(Br)cc5)n4)cc3)nc2c1. The van der Waals surface area contributed by atoms with Gasteiger partial charge in [-0.2, -0.15) is 4.98 Å². The average molecular weight is 431 g/mol. The number of aromatic amines is 1. The molecule has 2 aromatic heterocycles. The molecule has 0 saturated carbocycles. The van der Waals surface area contributed by atoms with Crippen LogP contribution in [0.15, 0.2) is 75.7 Å². The van der Waals surface area contributed by atoms with Crippen molar-refractivity contribution in [1.82, 2.24) is 20.1 Å². The number of fused-ring (bicyclic) bond motifs is 1. The van der Waals surface area contributed by atoms with Gasteiger partial charge in [-0.05, 0) is 48.9 Å². The number of halogens is 1. The zero-order chi connectivity index (χ0) is 19.1. The Morgan fingerprint density at radius 3 is 2.32 bits per heavy atom. The summed E-state index contributed by atoms with van der Waals surface area (Å²) in [6, 6.07) is 21.9. The quantitative estimate of drug-likeness (QED) is 0.380. The number of nitrogens with zero attached hydrogens (tertiary/aromatic N) is 3. The summed E-state index contributed by atoms with van der Waals surface area (Å²) in [5.74, 6) is 1.90. The molecule has 0 radical (unpaired) electrons. The molecule has 0 fully saturated rings. The van der Waals surface area contributed by atoms with Gasteiger partial charge in [0.05, 0.1) is 11.0 Å². The molecule has 0 aliphatic carbocycles. The second kappa shape index (κ2) is 6.73. The summed E-state index contributed by atoms with van der Waals surface area (Å²) in [5.41, 5.74) is 5.98. The second-order valence-electron chi connectivity index (χ2n) is 6.61. The van der Waals surface area contributed by atoms with E-state index in [0.29, 0.717) is 11.7 Å². The van der Waals surface area contributed by atoms with Crippen molar-refractivity contribution in [2.75, 3.05) is 0 Å². The fourth-order valence-electron chi connectivity index (χ4n) is 3.08. The molecule has 1 N–H and O–H groups in total. The highest BCUT2D eigenvalue weighted by Crippen LogP contribution is 2.26. The van der Waals surface area contributed by atoms with Crippen molar-refractivity contribution < 1.29 is 4.52 Å². The smallest absolute Gasteiger partial charge is 0.258 e. The van der Waals surface area contributed by atoms with E-state index in [9.17, 15) is 0 Å². The first-order chi connectivity index (χ1) is 13.7. The molecule has 0 atom stereocenters. The van der Waals surface area contributed by atoms with Crippen LogP contribution in [-0.4, -0.2) is 20.1 Å². The Balaban J connectivity index is 1.44. The molecule has 0 aliphatic rings. The molecule has 5 nitrogen and oxygen atoms in total. The number of hydrogen-bond acceptors (Lipinski definition) is 4. The van der Waals surface area contributed by atoms with Crippen molar-refractivity contribution in [2.24, 2.45) is 0 Å². The van der Waals surface area contributed by atoms with Gasteiger partial charge in [0.25, 0.3) is 5.89 Å². The van der Waals surface area contributed by atoms with E-state index in [2.05, 4.69) is 61.2 Å². The van der Waals surface area contributed by atoms with Crippen LogP contribution in [0, 0.1) is 6.92 Å². The Kier molecular flexibility index (Phi) is 4.06. The molecule has 28 heavy (non-hydrogen) atoms. The van der Waals surface area contributed by atoms with Crippen LogP contribution >= 0.6 is 15.9 Å². The molecule has 5 aromatic rings. The maximum Gasteiger partial charge on any atom is 0.258 e. The maximum atomic E-state index is 5.42. The lowest BCUT2D eigenvalue weighted by Gasteiger charge is -1.98. The van der Waals surface area contributed by atoms with Crippen LogP contribution in [0.5, 0.6) is 0 Å². The topological polar surface area (TPSA) is 67.6 Å². The molecule has 0 unspecified atom stereocenters. The van der Waals surface area contributed by atoms with Crippen molar-refractivity contribution in [1.29, 1.82) is 0 Å². The fourth-order valence-corrected chi connectivity index (χ4v) is 3.34. The second-order valence-corrected chi connectivity index (χ2v) is 7.53. The first kappa shape index (κ1) is 16.9. The van der Waals surface area contributed by atoms with Crippen LogP contribution in [0.4, 0.5) is 0 Å². The largest absolute Gasteiger partial charge is 0.338 e. The minimum absolute atomic E-state index is 0.499.